The molecular formula is C40H42ClN5O3. The predicted molar refractivity (Wildman–Crippen MR) is 196 cm³/mol. The van der Waals surface area contributed by atoms with Crippen LogP contribution in [0.4, 0.5) is 4.79 Å². The molecule has 5 aromatic rings. The summed E-state index contributed by atoms with van der Waals surface area (Å²) in [4.78, 5) is 39.3. The number of rotatable bonds is 12. The smallest absolute Gasteiger partial charge is 0.407 e. The van der Waals surface area contributed by atoms with Gasteiger partial charge in [0.15, 0.2) is 0 Å². The van der Waals surface area contributed by atoms with Crippen molar-refractivity contribution < 1.29 is 9.53 Å². The molecule has 0 fully saturated rings. The number of alkyl carbamates (subject to hydrolysis) is 1. The molecule has 0 aliphatic carbocycles. The Balaban J connectivity index is 1.28. The van der Waals surface area contributed by atoms with Gasteiger partial charge in [-0.05, 0) is 55.0 Å². The number of halogens is 1. The number of hydrogen-bond acceptors (Lipinski definition) is 6. The maximum atomic E-state index is 14.2. The number of aromatic nitrogens is 2. The minimum Gasteiger partial charge on any atom is -0.445 e. The van der Waals surface area contributed by atoms with Crippen molar-refractivity contribution in [2.24, 2.45) is 10.9 Å². The monoisotopic (exact) mass is 675 g/mol. The molecule has 0 radical (unpaired) electrons. The Kier molecular flexibility index (Phi) is 10.7. The van der Waals surface area contributed by atoms with Crippen LogP contribution < -0.4 is 10.9 Å². The normalized spacial score (nSPS) is 15.0. The first kappa shape index (κ1) is 33.9. The van der Waals surface area contributed by atoms with Gasteiger partial charge in [0.2, 0.25) is 0 Å². The summed E-state index contributed by atoms with van der Waals surface area (Å²) < 4.78 is 7.20. The van der Waals surface area contributed by atoms with Crippen molar-refractivity contribution in [2.45, 2.75) is 58.8 Å². The van der Waals surface area contributed by atoms with Crippen molar-refractivity contribution >= 4 is 34.4 Å². The molecule has 0 saturated heterocycles. The molecule has 1 aliphatic rings. The first-order valence-electron chi connectivity index (χ1n) is 16.9. The number of aryl methyl sites for hydroxylation is 1. The lowest BCUT2D eigenvalue weighted by atomic mass is 9.98. The van der Waals surface area contributed by atoms with Crippen LogP contribution in [0.3, 0.4) is 0 Å². The van der Waals surface area contributed by atoms with Crippen LogP contribution in [-0.4, -0.2) is 45.5 Å². The number of carbonyl (C=O) groups excluding carboxylic acids is 1. The summed E-state index contributed by atoms with van der Waals surface area (Å²) in [6.45, 7) is 8.16. The molecule has 6 rings (SSSR count). The van der Waals surface area contributed by atoms with E-state index in [2.05, 4.69) is 55.3 Å². The zero-order valence-corrected chi connectivity index (χ0v) is 28.9. The summed E-state index contributed by atoms with van der Waals surface area (Å²) in [6, 6.07) is 33.1. The maximum Gasteiger partial charge on any atom is 0.407 e. The zero-order valence-electron chi connectivity index (χ0n) is 28.2. The quantitative estimate of drug-likeness (QED) is 0.136. The molecule has 8 nitrogen and oxygen atoms in total. The number of hydrogen-bond donors (Lipinski definition) is 1. The van der Waals surface area contributed by atoms with E-state index in [0.717, 1.165) is 35.4 Å². The van der Waals surface area contributed by atoms with E-state index < -0.39 is 6.09 Å². The molecule has 2 heterocycles. The number of benzene rings is 4. The minimum atomic E-state index is -0.431. The Hall–Kier alpha value is -4.95. The van der Waals surface area contributed by atoms with Crippen LogP contribution in [0.5, 0.6) is 0 Å². The van der Waals surface area contributed by atoms with Crippen LogP contribution in [0, 0.1) is 12.8 Å². The van der Waals surface area contributed by atoms with Gasteiger partial charge in [0.1, 0.15) is 18.3 Å². The number of ether oxygens (including phenoxy) is 1. The number of amides is 1. The van der Waals surface area contributed by atoms with Crippen LogP contribution >= 0.6 is 11.6 Å². The largest absolute Gasteiger partial charge is 0.445 e. The molecule has 9 heteroatoms. The summed E-state index contributed by atoms with van der Waals surface area (Å²) >= 11 is 6.41. The van der Waals surface area contributed by atoms with Crippen molar-refractivity contribution in [2.75, 3.05) is 13.1 Å². The number of aliphatic imine (C=N–C) groups is 1. The second-order valence-electron chi connectivity index (χ2n) is 13.0. The fourth-order valence-electron chi connectivity index (χ4n) is 6.40. The van der Waals surface area contributed by atoms with E-state index in [0.29, 0.717) is 41.4 Å². The SMILES string of the molecule is Cc1ccc(C2=NC(CCCNC(=O)OCc3ccccc3)CN2[C@@H](c2nc3cc(Cl)ccc3c(=O)n2Cc2ccccc2)C(C)C)cc1. The number of nitrogens with one attached hydrogen (secondary N) is 1. The van der Waals surface area contributed by atoms with E-state index >= 15 is 0 Å². The first-order valence-corrected chi connectivity index (χ1v) is 17.2. The molecule has 1 unspecified atom stereocenters. The Morgan fingerprint density at radius 1 is 0.959 bits per heavy atom. The molecule has 252 valence electrons. The highest BCUT2D eigenvalue weighted by molar-refractivity contribution is 6.31. The van der Waals surface area contributed by atoms with Crippen LogP contribution in [-0.2, 0) is 17.9 Å². The average Bonchev–Trinajstić information content (AvgIpc) is 3.51. The van der Waals surface area contributed by atoms with E-state index in [-0.39, 0.29) is 30.2 Å². The van der Waals surface area contributed by atoms with Gasteiger partial charge in [-0.25, -0.2) is 9.78 Å². The van der Waals surface area contributed by atoms with Gasteiger partial charge in [-0.1, -0.05) is 116 Å². The second kappa shape index (κ2) is 15.5. The lowest BCUT2D eigenvalue weighted by Crippen LogP contribution is -2.41. The van der Waals surface area contributed by atoms with Crippen LogP contribution in [0.2, 0.25) is 5.02 Å². The minimum absolute atomic E-state index is 0.0103. The molecule has 0 saturated carbocycles. The lowest BCUT2D eigenvalue weighted by Gasteiger charge is -2.35. The third-order valence-electron chi connectivity index (χ3n) is 8.85. The topological polar surface area (TPSA) is 88.8 Å². The van der Waals surface area contributed by atoms with Gasteiger partial charge >= 0.3 is 6.09 Å². The van der Waals surface area contributed by atoms with Crippen molar-refractivity contribution in [1.82, 2.24) is 19.8 Å². The van der Waals surface area contributed by atoms with Gasteiger partial charge in [-0.2, -0.15) is 0 Å². The lowest BCUT2D eigenvalue weighted by molar-refractivity contribution is 0.139. The van der Waals surface area contributed by atoms with Crippen molar-refractivity contribution in [1.29, 1.82) is 0 Å². The van der Waals surface area contributed by atoms with Crippen molar-refractivity contribution in [3.8, 4) is 0 Å². The number of nitrogens with zero attached hydrogens (tertiary/aromatic N) is 4. The molecular weight excluding hydrogens is 634 g/mol. The first-order chi connectivity index (χ1) is 23.8. The Labute approximate surface area is 292 Å². The summed E-state index contributed by atoms with van der Waals surface area (Å²) in [5.74, 6) is 1.65. The van der Waals surface area contributed by atoms with E-state index in [1.54, 1.807) is 18.2 Å². The van der Waals surface area contributed by atoms with Crippen molar-refractivity contribution in [3.05, 3.63) is 147 Å². The van der Waals surface area contributed by atoms with Gasteiger partial charge in [-0.3, -0.25) is 14.4 Å². The molecule has 1 N–H and O–H groups in total. The molecule has 1 aliphatic heterocycles. The highest BCUT2D eigenvalue weighted by atomic mass is 35.5. The molecule has 1 aromatic heterocycles. The summed E-state index contributed by atoms with van der Waals surface area (Å²) in [5.41, 5.74) is 4.63. The molecule has 4 aromatic carbocycles. The standard InChI is InChI=1S/C40H42ClN5O3/c1-27(2)36(38-44-35-23-32(41)20-21-34(35)39(47)46(38)24-29-11-6-4-7-12-29)45-25-33(43-37(45)31-18-16-28(3)17-19-31)15-10-22-42-40(48)49-26-30-13-8-5-9-14-30/h4-9,11-14,16-21,23,27,33,36H,10,15,22,24-26H2,1-3H3,(H,42,48)/t33?,36-/m1/s1. The molecule has 1 amide bonds. The average molecular weight is 676 g/mol. The van der Waals surface area contributed by atoms with Gasteiger partial charge in [0.25, 0.3) is 5.56 Å². The predicted octanol–water partition coefficient (Wildman–Crippen LogP) is 7.94. The summed E-state index contributed by atoms with van der Waals surface area (Å²) in [6.07, 6.45) is 1.08. The highest BCUT2D eigenvalue weighted by Gasteiger charge is 2.36. The number of amidine groups is 1. The zero-order chi connectivity index (χ0) is 34.3. The molecule has 49 heavy (non-hydrogen) atoms. The van der Waals surface area contributed by atoms with Gasteiger partial charge in [0, 0.05) is 23.7 Å². The molecule has 2 atom stereocenters. The maximum absolute atomic E-state index is 14.2. The molecule has 0 bridgehead atoms. The second-order valence-corrected chi connectivity index (χ2v) is 13.4. The van der Waals surface area contributed by atoms with Crippen LogP contribution in [0.25, 0.3) is 10.9 Å². The van der Waals surface area contributed by atoms with Gasteiger partial charge < -0.3 is 15.0 Å². The number of fused-ring (bicyclic) bond motifs is 1. The van der Waals surface area contributed by atoms with Gasteiger partial charge in [-0.15, -0.1) is 0 Å². The van der Waals surface area contributed by atoms with Crippen molar-refractivity contribution in [3.63, 3.8) is 0 Å². The van der Waals surface area contributed by atoms with E-state index in [1.807, 2.05) is 65.2 Å². The summed E-state index contributed by atoms with van der Waals surface area (Å²) in [5, 5.41) is 3.95. The third-order valence-corrected chi connectivity index (χ3v) is 9.09. The van der Waals surface area contributed by atoms with E-state index in [1.165, 1.54) is 5.56 Å². The Morgan fingerprint density at radius 3 is 2.35 bits per heavy atom. The fraction of sp³-hybridized carbons (Fsp3) is 0.300. The highest BCUT2D eigenvalue weighted by Crippen LogP contribution is 2.34. The summed E-state index contributed by atoms with van der Waals surface area (Å²) in [7, 11) is 0. The Morgan fingerprint density at radius 2 is 1.65 bits per heavy atom. The third kappa shape index (κ3) is 8.20. The number of carbonyl (C=O) groups is 1. The fourth-order valence-corrected chi connectivity index (χ4v) is 6.57. The van der Waals surface area contributed by atoms with E-state index in [9.17, 15) is 9.59 Å². The van der Waals surface area contributed by atoms with Gasteiger partial charge in [0.05, 0.1) is 29.5 Å². The molecule has 0 spiro atoms. The van der Waals surface area contributed by atoms with Crippen LogP contribution in [0.15, 0.2) is 113 Å². The van der Waals surface area contributed by atoms with E-state index in [4.69, 9.17) is 26.3 Å². The van der Waals surface area contributed by atoms with Crippen LogP contribution in [0.1, 0.15) is 60.8 Å². The Bertz CT molecular complexity index is 1980.